The maximum atomic E-state index is 12.7. The van der Waals surface area contributed by atoms with Gasteiger partial charge in [-0.05, 0) is 62.8 Å². The fraction of sp³-hybridized carbons (Fsp3) is 0.391. The smallest absolute Gasteiger partial charge is 0.251 e. The molecular weight excluding hydrogens is 366 g/mol. The number of aromatic nitrogens is 1. The predicted octanol–water partition coefficient (Wildman–Crippen LogP) is 5.04. The van der Waals surface area contributed by atoms with Gasteiger partial charge < -0.3 is 10.2 Å². The summed E-state index contributed by atoms with van der Waals surface area (Å²) in [7, 11) is 0. The summed E-state index contributed by atoms with van der Waals surface area (Å²) in [5.74, 6) is -0.00427. The molecule has 3 aromatic rings. The number of carbonyl (C=O) groups is 1. The van der Waals surface area contributed by atoms with Gasteiger partial charge in [0, 0.05) is 24.7 Å². The van der Waals surface area contributed by atoms with Gasteiger partial charge in [-0.15, -0.1) is 0 Å². The first-order valence-corrected chi connectivity index (χ1v) is 11.0. The molecule has 1 aliphatic heterocycles. The standard InChI is InChI=1S/C23H27N3OS/c1-17(10-11-18-8-4-2-5-9-18)24-22(27)19-12-13-20-21(16-19)28-23(25-20)26-14-6-3-7-15-26/h2,4-5,8-9,12-13,16-17H,3,6-7,10-11,14-15H2,1H3,(H,24,27). The van der Waals surface area contributed by atoms with E-state index in [1.54, 1.807) is 11.3 Å². The number of carbonyl (C=O) groups excluding carboxylic acids is 1. The van der Waals surface area contributed by atoms with Crippen LogP contribution in [0.2, 0.25) is 0 Å². The highest BCUT2D eigenvalue weighted by Crippen LogP contribution is 2.31. The first kappa shape index (κ1) is 18.9. The fourth-order valence-electron chi connectivity index (χ4n) is 3.68. The minimum atomic E-state index is -0.00427. The Kier molecular flexibility index (Phi) is 5.91. The molecule has 1 aliphatic rings. The summed E-state index contributed by atoms with van der Waals surface area (Å²) < 4.78 is 1.09. The molecule has 0 bridgehead atoms. The van der Waals surface area contributed by atoms with Gasteiger partial charge in [0.1, 0.15) is 0 Å². The minimum Gasteiger partial charge on any atom is -0.350 e. The van der Waals surface area contributed by atoms with Crippen LogP contribution in [0.15, 0.2) is 48.5 Å². The lowest BCUT2D eigenvalue weighted by Crippen LogP contribution is -2.32. The molecule has 1 N–H and O–H groups in total. The quantitative estimate of drug-likeness (QED) is 0.638. The van der Waals surface area contributed by atoms with Crippen molar-refractivity contribution in [3.8, 4) is 0 Å². The predicted molar refractivity (Wildman–Crippen MR) is 117 cm³/mol. The van der Waals surface area contributed by atoms with Crippen molar-refractivity contribution >= 4 is 32.6 Å². The van der Waals surface area contributed by atoms with Gasteiger partial charge in [-0.2, -0.15) is 0 Å². The van der Waals surface area contributed by atoms with Crippen molar-refractivity contribution in [2.24, 2.45) is 0 Å². The number of rotatable bonds is 6. The Balaban J connectivity index is 1.39. The van der Waals surface area contributed by atoms with Crippen molar-refractivity contribution < 1.29 is 4.79 Å². The molecule has 0 aliphatic carbocycles. The number of hydrogen-bond donors (Lipinski definition) is 1. The van der Waals surface area contributed by atoms with Gasteiger partial charge in [0.05, 0.1) is 10.2 Å². The molecule has 0 radical (unpaired) electrons. The molecule has 1 fully saturated rings. The molecule has 0 saturated carbocycles. The van der Waals surface area contributed by atoms with Gasteiger partial charge >= 0.3 is 0 Å². The van der Waals surface area contributed by atoms with Gasteiger partial charge in [0.15, 0.2) is 5.13 Å². The highest BCUT2D eigenvalue weighted by molar-refractivity contribution is 7.22. The van der Waals surface area contributed by atoms with Crippen molar-refractivity contribution in [1.82, 2.24) is 10.3 Å². The Hall–Kier alpha value is -2.40. The van der Waals surface area contributed by atoms with Crippen LogP contribution in [0.4, 0.5) is 5.13 Å². The lowest BCUT2D eigenvalue weighted by Gasteiger charge is -2.25. The van der Waals surface area contributed by atoms with E-state index in [4.69, 9.17) is 4.98 Å². The second-order valence-electron chi connectivity index (χ2n) is 7.63. The van der Waals surface area contributed by atoms with Crippen LogP contribution in [-0.2, 0) is 6.42 Å². The molecule has 1 saturated heterocycles. The molecule has 1 amide bonds. The van der Waals surface area contributed by atoms with Crippen LogP contribution < -0.4 is 10.2 Å². The molecule has 1 unspecified atom stereocenters. The maximum Gasteiger partial charge on any atom is 0.251 e. The second kappa shape index (κ2) is 8.74. The lowest BCUT2D eigenvalue weighted by molar-refractivity contribution is 0.0938. The Morgan fingerprint density at radius 1 is 1.14 bits per heavy atom. The summed E-state index contributed by atoms with van der Waals surface area (Å²) >= 11 is 1.70. The van der Waals surface area contributed by atoms with Crippen LogP contribution in [0.3, 0.4) is 0 Å². The van der Waals surface area contributed by atoms with Crippen LogP contribution in [0, 0.1) is 0 Å². The van der Waals surface area contributed by atoms with Crippen LogP contribution in [0.1, 0.15) is 48.5 Å². The zero-order valence-corrected chi connectivity index (χ0v) is 17.2. The van der Waals surface area contributed by atoms with Crippen molar-refractivity contribution in [2.45, 2.75) is 45.1 Å². The van der Waals surface area contributed by atoms with E-state index in [1.165, 1.54) is 24.8 Å². The van der Waals surface area contributed by atoms with Crippen LogP contribution in [0.5, 0.6) is 0 Å². The minimum absolute atomic E-state index is 0.00427. The van der Waals surface area contributed by atoms with Crippen LogP contribution in [-0.4, -0.2) is 30.0 Å². The molecule has 4 nitrogen and oxygen atoms in total. The number of benzene rings is 2. The van der Waals surface area contributed by atoms with Gasteiger partial charge in [0.2, 0.25) is 0 Å². The second-order valence-corrected chi connectivity index (χ2v) is 8.63. The normalized spacial score (nSPS) is 15.5. The Bertz CT molecular complexity index is 931. The number of thiazole rings is 1. The van der Waals surface area contributed by atoms with Crippen LogP contribution in [0.25, 0.3) is 10.2 Å². The van der Waals surface area contributed by atoms with E-state index in [-0.39, 0.29) is 11.9 Å². The number of aryl methyl sites for hydroxylation is 1. The largest absolute Gasteiger partial charge is 0.350 e. The Labute approximate surface area is 170 Å². The van der Waals surface area contributed by atoms with E-state index in [0.29, 0.717) is 5.56 Å². The summed E-state index contributed by atoms with van der Waals surface area (Å²) in [5.41, 5.74) is 3.01. The number of hydrogen-bond acceptors (Lipinski definition) is 4. The highest BCUT2D eigenvalue weighted by Gasteiger charge is 2.16. The molecule has 4 rings (SSSR count). The van der Waals surface area contributed by atoms with Crippen molar-refractivity contribution in [1.29, 1.82) is 0 Å². The Morgan fingerprint density at radius 3 is 2.71 bits per heavy atom. The number of nitrogens with one attached hydrogen (secondary N) is 1. The molecule has 28 heavy (non-hydrogen) atoms. The third-order valence-electron chi connectivity index (χ3n) is 5.35. The molecule has 146 valence electrons. The molecule has 1 atom stereocenters. The number of nitrogens with zero attached hydrogens (tertiary/aromatic N) is 2. The summed E-state index contributed by atoms with van der Waals surface area (Å²) in [6.07, 6.45) is 5.69. The average Bonchev–Trinajstić information content (AvgIpc) is 3.17. The highest BCUT2D eigenvalue weighted by atomic mass is 32.1. The molecule has 2 aromatic carbocycles. The van der Waals surface area contributed by atoms with Gasteiger partial charge in [-0.25, -0.2) is 4.98 Å². The van der Waals surface area contributed by atoms with E-state index in [2.05, 4.69) is 41.4 Å². The van der Waals surface area contributed by atoms with Gasteiger partial charge in [-0.1, -0.05) is 41.7 Å². The van der Waals surface area contributed by atoms with E-state index >= 15 is 0 Å². The number of piperidine rings is 1. The fourth-order valence-corrected chi connectivity index (χ4v) is 4.74. The summed E-state index contributed by atoms with van der Waals surface area (Å²) in [6.45, 7) is 4.25. The van der Waals surface area contributed by atoms with Crippen molar-refractivity contribution in [2.75, 3.05) is 18.0 Å². The van der Waals surface area contributed by atoms with Crippen LogP contribution >= 0.6 is 11.3 Å². The molecular formula is C23H27N3OS. The van der Waals surface area contributed by atoms with Crippen molar-refractivity contribution in [3.05, 3.63) is 59.7 Å². The van der Waals surface area contributed by atoms with E-state index in [1.807, 2.05) is 24.3 Å². The monoisotopic (exact) mass is 393 g/mol. The average molecular weight is 394 g/mol. The molecule has 2 heterocycles. The zero-order valence-electron chi connectivity index (χ0n) is 16.4. The third kappa shape index (κ3) is 4.53. The number of anilines is 1. The maximum absolute atomic E-state index is 12.7. The topological polar surface area (TPSA) is 45.2 Å². The number of fused-ring (bicyclic) bond motifs is 1. The third-order valence-corrected chi connectivity index (χ3v) is 6.43. The van der Waals surface area contributed by atoms with Crippen molar-refractivity contribution in [3.63, 3.8) is 0 Å². The number of amides is 1. The Morgan fingerprint density at radius 2 is 1.93 bits per heavy atom. The summed E-state index contributed by atoms with van der Waals surface area (Å²) in [4.78, 5) is 19.8. The summed E-state index contributed by atoms with van der Waals surface area (Å²) in [6, 6.07) is 16.4. The van der Waals surface area contributed by atoms with E-state index in [0.717, 1.165) is 41.3 Å². The van der Waals surface area contributed by atoms with Gasteiger partial charge in [-0.3, -0.25) is 4.79 Å². The summed E-state index contributed by atoms with van der Waals surface area (Å²) in [5, 5.41) is 4.22. The molecule has 0 spiro atoms. The lowest BCUT2D eigenvalue weighted by atomic mass is 10.1. The molecule has 5 heteroatoms. The SMILES string of the molecule is CC(CCc1ccccc1)NC(=O)c1ccc2nc(N3CCCCC3)sc2c1. The first-order valence-electron chi connectivity index (χ1n) is 10.2. The van der Waals surface area contributed by atoms with E-state index in [9.17, 15) is 4.79 Å². The molecule has 1 aromatic heterocycles. The van der Waals surface area contributed by atoms with E-state index < -0.39 is 0 Å². The van der Waals surface area contributed by atoms with Gasteiger partial charge in [0.25, 0.3) is 5.91 Å². The zero-order chi connectivity index (χ0) is 19.3. The first-order chi connectivity index (χ1) is 13.7.